The summed E-state index contributed by atoms with van der Waals surface area (Å²) in [6.45, 7) is 0.310. The van der Waals surface area contributed by atoms with Crippen LogP contribution < -0.4 is 4.74 Å². The van der Waals surface area contributed by atoms with Gasteiger partial charge in [-0.15, -0.1) is 11.6 Å². The third kappa shape index (κ3) is 4.17. The number of halogens is 2. The Balaban J connectivity index is 2.15. The molecular formula is C17H11Cl2NO. The average molecular weight is 316 g/mol. The molecule has 0 amide bonds. The summed E-state index contributed by atoms with van der Waals surface area (Å²) in [7, 11) is 0. The first-order valence-corrected chi connectivity index (χ1v) is 7.11. The van der Waals surface area contributed by atoms with Gasteiger partial charge in [0.25, 0.3) is 0 Å². The summed E-state index contributed by atoms with van der Waals surface area (Å²) in [6.07, 6.45) is 0. The minimum absolute atomic E-state index is 0.274. The number of hydrogen-bond acceptors (Lipinski definition) is 2. The van der Waals surface area contributed by atoms with Crippen molar-refractivity contribution in [3.63, 3.8) is 0 Å². The molecular weight excluding hydrogens is 305 g/mol. The largest absolute Gasteiger partial charge is 0.488 e. The topological polar surface area (TPSA) is 33.0 Å². The molecule has 0 radical (unpaired) electrons. The number of hydrogen-bond donors (Lipinski definition) is 0. The van der Waals surface area contributed by atoms with E-state index in [1.807, 2.05) is 30.3 Å². The molecule has 0 aliphatic carbocycles. The van der Waals surface area contributed by atoms with Gasteiger partial charge in [0.1, 0.15) is 12.4 Å². The van der Waals surface area contributed by atoms with Crippen LogP contribution in [-0.2, 0) is 6.61 Å². The maximum atomic E-state index is 8.81. The highest BCUT2D eigenvalue weighted by atomic mass is 35.5. The van der Waals surface area contributed by atoms with E-state index >= 15 is 0 Å². The molecule has 0 heterocycles. The van der Waals surface area contributed by atoms with Gasteiger partial charge in [-0.05, 0) is 24.3 Å². The lowest BCUT2D eigenvalue weighted by Gasteiger charge is -2.09. The second-order valence-corrected chi connectivity index (χ2v) is 4.81. The van der Waals surface area contributed by atoms with Crippen LogP contribution in [0.2, 0.25) is 5.02 Å². The van der Waals surface area contributed by atoms with Crippen LogP contribution in [0.3, 0.4) is 0 Å². The van der Waals surface area contributed by atoms with Gasteiger partial charge in [-0.25, -0.2) is 0 Å². The Morgan fingerprint density at radius 2 is 1.95 bits per heavy atom. The van der Waals surface area contributed by atoms with Gasteiger partial charge < -0.3 is 4.74 Å². The molecule has 104 valence electrons. The summed E-state index contributed by atoms with van der Waals surface area (Å²) < 4.78 is 5.76. The minimum atomic E-state index is 0.274. The minimum Gasteiger partial charge on any atom is -0.488 e. The molecule has 0 aliphatic heterocycles. The smallest absolute Gasteiger partial charge is 0.135 e. The summed E-state index contributed by atoms with van der Waals surface area (Å²) in [6, 6.07) is 14.6. The fourth-order valence-corrected chi connectivity index (χ4v) is 2.02. The Kier molecular flexibility index (Phi) is 5.52. The van der Waals surface area contributed by atoms with Crippen molar-refractivity contribution < 1.29 is 4.74 Å². The standard InChI is InChI=1S/C17H11Cl2NO/c18-9-3-5-14-4-1-2-6-17(14)21-12-15-8-7-13(11-20)10-16(15)19/h1-2,4,6-8,10H,9,12H2. The van der Waals surface area contributed by atoms with Crippen LogP contribution in [0.25, 0.3) is 0 Å². The van der Waals surface area contributed by atoms with Crippen LogP contribution in [0, 0.1) is 23.2 Å². The fourth-order valence-electron chi connectivity index (χ4n) is 1.71. The molecule has 0 unspecified atom stereocenters. The Hall–Kier alpha value is -2.13. The summed E-state index contributed by atoms with van der Waals surface area (Å²) in [4.78, 5) is 0. The molecule has 0 atom stereocenters. The molecule has 0 saturated carbocycles. The van der Waals surface area contributed by atoms with Gasteiger partial charge in [-0.3, -0.25) is 0 Å². The van der Waals surface area contributed by atoms with Gasteiger partial charge in [0.05, 0.1) is 23.1 Å². The number of nitriles is 1. The Bertz CT molecular complexity index is 738. The first-order valence-electron chi connectivity index (χ1n) is 6.20. The monoisotopic (exact) mass is 315 g/mol. The molecule has 4 heteroatoms. The summed E-state index contributed by atoms with van der Waals surface area (Å²) >= 11 is 11.7. The number of nitrogens with zero attached hydrogens (tertiary/aromatic N) is 1. The van der Waals surface area contributed by atoms with Gasteiger partial charge in [-0.1, -0.05) is 41.6 Å². The maximum absolute atomic E-state index is 8.81. The highest BCUT2D eigenvalue weighted by Gasteiger charge is 2.05. The number of benzene rings is 2. The van der Waals surface area contributed by atoms with Crippen molar-refractivity contribution >= 4 is 23.2 Å². The molecule has 0 N–H and O–H groups in total. The van der Waals surface area contributed by atoms with E-state index in [9.17, 15) is 0 Å². The molecule has 0 aromatic heterocycles. The van der Waals surface area contributed by atoms with Crippen LogP contribution in [0.4, 0.5) is 0 Å². The highest BCUT2D eigenvalue weighted by molar-refractivity contribution is 6.31. The van der Waals surface area contributed by atoms with Crippen LogP contribution in [0.5, 0.6) is 5.75 Å². The van der Waals surface area contributed by atoms with E-state index in [1.54, 1.807) is 18.2 Å². The molecule has 2 aromatic rings. The van der Waals surface area contributed by atoms with Gasteiger partial charge in [-0.2, -0.15) is 5.26 Å². The van der Waals surface area contributed by atoms with Crippen LogP contribution in [0.15, 0.2) is 42.5 Å². The number of ether oxygens (including phenoxy) is 1. The molecule has 2 aromatic carbocycles. The molecule has 0 bridgehead atoms. The number of para-hydroxylation sites is 1. The number of rotatable bonds is 3. The van der Waals surface area contributed by atoms with Crippen LogP contribution >= 0.6 is 23.2 Å². The van der Waals surface area contributed by atoms with E-state index in [2.05, 4.69) is 11.8 Å². The van der Waals surface area contributed by atoms with E-state index in [0.29, 0.717) is 22.9 Å². The van der Waals surface area contributed by atoms with E-state index in [0.717, 1.165) is 11.1 Å². The first kappa shape index (κ1) is 15.3. The lowest BCUT2D eigenvalue weighted by molar-refractivity contribution is 0.305. The van der Waals surface area contributed by atoms with Gasteiger partial charge in [0, 0.05) is 10.6 Å². The summed E-state index contributed by atoms with van der Waals surface area (Å²) in [5.41, 5.74) is 2.12. The predicted molar refractivity (Wildman–Crippen MR) is 84.5 cm³/mol. The first-order chi connectivity index (χ1) is 10.2. The molecule has 2 nitrogen and oxygen atoms in total. The quantitative estimate of drug-likeness (QED) is 0.622. The molecule has 0 saturated heterocycles. The van der Waals surface area contributed by atoms with E-state index < -0.39 is 0 Å². The van der Waals surface area contributed by atoms with Crippen molar-refractivity contribution in [2.24, 2.45) is 0 Å². The van der Waals surface area contributed by atoms with Gasteiger partial charge in [0.15, 0.2) is 0 Å². The third-order valence-electron chi connectivity index (χ3n) is 2.74. The Labute approximate surface area is 133 Å². The van der Waals surface area contributed by atoms with Crippen molar-refractivity contribution in [3.05, 3.63) is 64.2 Å². The van der Waals surface area contributed by atoms with Crippen LogP contribution in [-0.4, -0.2) is 5.88 Å². The number of alkyl halides is 1. The molecule has 21 heavy (non-hydrogen) atoms. The van der Waals surface area contributed by atoms with Crippen molar-refractivity contribution in [3.8, 4) is 23.7 Å². The van der Waals surface area contributed by atoms with E-state index in [-0.39, 0.29) is 5.88 Å². The SMILES string of the molecule is N#Cc1ccc(COc2ccccc2C#CCCl)c(Cl)c1. The Morgan fingerprint density at radius 1 is 1.14 bits per heavy atom. The summed E-state index contributed by atoms with van der Waals surface area (Å²) in [5, 5.41) is 9.33. The normalized spacial score (nSPS) is 9.38. The predicted octanol–water partition coefficient (Wildman–Crippen LogP) is 4.38. The van der Waals surface area contributed by atoms with Crippen LogP contribution in [0.1, 0.15) is 16.7 Å². The van der Waals surface area contributed by atoms with Gasteiger partial charge >= 0.3 is 0 Å². The molecule has 2 rings (SSSR count). The zero-order chi connectivity index (χ0) is 15.1. The maximum Gasteiger partial charge on any atom is 0.135 e. The van der Waals surface area contributed by atoms with E-state index in [4.69, 9.17) is 33.2 Å². The van der Waals surface area contributed by atoms with Crippen molar-refractivity contribution in [2.45, 2.75) is 6.61 Å². The van der Waals surface area contributed by atoms with Gasteiger partial charge in [0.2, 0.25) is 0 Å². The zero-order valence-electron chi connectivity index (χ0n) is 11.1. The molecule has 0 spiro atoms. The van der Waals surface area contributed by atoms with E-state index in [1.165, 1.54) is 0 Å². The lowest BCUT2D eigenvalue weighted by Crippen LogP contribution is -1.98. The zero-order valence-corrected chi connectivity index (χ0v) is 12.6. The second kappa shape index (κ2) is 7.60. The van der Waals surface area contributed by atoms with Crippen molar-refractivity contribution in [2.75, 3.05) is 5.88 Å². The highest BCUT2D eigenvalue weighted by Crippen LogP contribution is 2.22. The lowest BCUT2D eigenvalue weighted by atomic mass is 10.1. The Morgan fingerprint density at radius 3 is 2.67 bits per heavy atom. The molecule has 0 fully saturated rings. The third-order valence-corrected chi connectivity index (χ3v) is 3.23. The van der Waals surface area contributed by atoms with Crippen molar-refractivity contribution in [1.82, 2.24) is 0 Å². The van der Waals surface area contributed by atoms with Crippen molar-refractivity contribution in [1.29, 1.82) is 5.26 Å². The fraction of sp³-hybridized carbons (Fsp3) is 0.118. The second-order valence-electron chi connectivity index (χ2n) is 4.14. The molecule has 0 aliphatic rings. The average Bonchev–Trinajstić information content (AvgIpc) is 2.52. The summed E-state index contributed by atoms with van der Waals surface area (Å²) in [5.74, 6) is 6.70.